The van der Waals surface area contributed by atoms with E-state index >= 15 is 4.79 Å². The van der Waals surface area contributed by atoms with E-state index in [0.717, 1.165) is 32.6 Å². The number of hydrogen-bond acceptors (Lipinski definition) is 7. The van der Waals surface area contributed by atoms with Gasteiger partial charge in [0.25, 0.3) is 5.91 Å². The van der Waals surface area contributed by atoms with Crippen molar-refractivity contribution in [2.24, 2.45) is 5.92 Å². The minimum Gasteiger partial charge on any atom is -0.497 e. The van der Waals surface area contributed by atoms with Gasteiger partial charge >= 0.3 is 6.09 Å². The summed E-state index contributed by atoms with van der Waals surface area (Å²) in [6.07, 6.45) is -0.919. The fraction of sp³-hybridized carbons (Fsp3) is 0.357. The molecule has 7 rings (SSSR count). The van der Waals surface area contributed by atoms with Crippen LogP contribution in [-0.2, 0) is 37.8 Å². The summed E-state index contributed by atoms with van der Waals surface area (Å²) in [7, 11) is -0.872. The topological polar surface area (TPSA) is 109 Å². The number of carbonyl (C=O) groups is 3. The molecule has 0 saturated carbocycles. The Morgan fingerprint density at radius 2 is 1.74 bits per heavy atom. The van der Waals surface area contributed by atoms with Crippen molar-refractivity contribution in [2.45, 2.75) is 56.8 Å². The number of benzene rings is 4. The molecule has 1 spiro atoms. The number of aliphatic hydroxyl groups excluding tert-OH is 1. The molecule has 3 aliphatic heterocycles. The van der Waals surface area contributed by atoms with Crippen molar-refractivity contribution >= 4 is 58.5 Å². The van der Waals surface area contributed by atoms with Crippen LogP contribution in [-0.4, -0.2) is 75.5 Å². The number of rotatable bonds is 12. The highest BCUT2D eigenvalue weighted by atomic mass is 79.9. The lowest BCUT2D eigenvalue weighted by atomic mass is 9.82. The number of aliphatic hydroxyl groups is 1. The molecule has 0 aliphatic carbocycles. The van der Waals surface area contributed by atoms with Gasteiger partial charge in [0.1, 0.15) is 12.4 Å². The van der Waals surface area contributed by atoms with Gasteiger partial charge in [-0.15, -0.1) is 0 Å². The van der Waals surface area contributed by atoms with Crippen molar-refractivity contribution in [3.8, 4) is 5.75 Å². The van der Waals surface area contributed by atoms with Gasteiger partial charge in [0, 0.05) is 34.7 Å². The van der Waals surface area contributed by atoms with Gasteiger partial charge in [-0.05, 0) is 59.1 Å². The van der Waals surface area contributed by atoms with Crippen molar-refractivity contribution in [3.63, 3.8) is 0 Å². The summed E-state index contributed by atoms with van der Waals surface area (Å²) in [5.41, 5.74) is 2.55. The van der Waals surface area contributed by atoms with Crippen LogP contribution < -0.4 is 19.7 Å². The van der Waals surface area contributed by atoms with Crippen LogP contribution in [0.5, 0.6) is 5.75 Å². The molecule has 4 aromatic rings. The van der Waals surface area contributed by atoms with E-state index in [9.17, 15) is 14.7 Å². The fourth-order valence-corrected chi connectivity index (χ4v) is 13.2. The molecule has 0 bridgehead atoms. The lowest BCUT2D eigenvalue weighted by Crippen LogP contribution is -2.52. The standard InChI is InChI=1S/C42H46BrN3O7Si/c1-28-39(54(3,4)34-16-14-33(51-2)15-17-34)37(25-38(48)44(19-21-47)26-29-9-6-5-7-10-29)53-42(28)35-24-31(43)13-18-36(35)46(40(42)49)27-30-11-8-12-32(23-30)45-20-22-52-41(45)50/h5-18,23-24,28,37,39,47H,19-22,25-27H2,1-4H3/t28-,37+,39-,42+/m0/s1. The first-order valence-electron chi connectivity index (χ1n) is 18.4. The number of amides is 3. The number of cyclic esters (lactones) is 1. The van der Waals surface area contributed by atoms with E-state index in [2.05, 4.69) is 48.1 Å². The maximum atomic E-state index is 15.3. The molecule has 12 heteroatoms. The van der Waals surface area contributed by atoms with E-state index in [4.69, 9.17) is 14.2 Å². The Hall–Kier alpha value is -4.49. The molecule has 2 fully saturated rings. The minimum absolute atomic E-state index is 0.0563. The third kappa shape index (κ3) is 6.85. The van der Waals surface area contributed by atoms with Crippen molar-refractivity contribution in [3.05, 3.63) is 118 Å². The Morgan fingerprint density at radius 3 is 2.43 bits per heavy atom. The molecule has 3 heterocycles. The van der Waals surface area contributed by atoms with E-state index in [-0.39, 0.29) is 55.5 Å². The number of hydrogen-bond donors (Lipinski definition) is 1. The van der Waals surface area contributed by atoms with Crippen LogP contribution in [0.2, 0.25) is 18.6 Å². The molecule has 282 valence electrons. The second kappa shape index (κ2) is 15.3. The third-order valence-electron chi connectivity index (χ3n) is 11.4. The van der Waals surface area contributed by atoms with Gasteiger partial charge in [0.05, 0.1) is 53.1 Å². The molecule has 54 heavy (non-hydrogen) atoms. The summed E-state index contributed by atoms with van der Waals surface area (Å²) in [6.45, 7) is 8.11. The number of fused-ring (bicyclic) bond motifs is 2. The Balaban J connectivity index is 1.28. The van der Waals surface area contributed by atoms with Crippen LogP contribution in [0.3, 0.4) is 0 Å². The van der Waals surface area contributed by atoms with Crippen LogP contribution in [0.25, 0.3) is 0 Å². The number of carbonyl (C=O) groups excluding carboxylic acids is 3. The second-order valence-corrected chi connectivity index (χ2v) is 20.5. The van der Waals surface area contributed by atoms with Crippen LogP contribution in [0, 0.1) is 5.92 Å². The summed E-state index contributed by atoms with van der Waals surface area (Å²) in [5.74, 6) is 0.135. The van der Waals surface area contributed by atoms with Crippen LogP contribution in [0.15, 0.2) is 102 Å². The average Bonchev–Trinajstić information content (AvgIpc) is 3.80. The molecule has 4 atom stereocenters. The molecular formula is C42H46BrN3O7Si. The zero-order valence-corrected chi connectivity index (χ0v) is 33.6. The van der Waals surface area contributed by atoms with Crippen molar-refractivity contribution in [1.82, 2.24) is 4.90 Å². The molecule has 1 N–H and O–H groups in total. The molecule has 3 aliphatic rings. The van der Waals surface area contributed by atoms with E-state index in [0.29, 0.717) is 25.4 Å². The number of nitrogens with zero attached hydrogens (tertiary/aromatic N) is 3. The third-order valence-corrected chi connectivity index (χ3v) is 16.3. The lowest BCUT2D eigenvalue weighted by molar-refractivity contribution is -0.150. The minimum atomic E-state index is -2.52. The summed E-state index contributed by atoms with van der Waals surface area (Å²) < 4.78 is 18.7. The van der Waals surface area contributed by atoms with E-state index < -0.39 is 19.8 Å². The molecule has 4 aromatic carbocycles. The maximum absolute atomic E-state index is 15.3. The molecule has 0 radical (unpaired) electrons. The zero-order chi connectivity index (χ0) is 38.2. The van der Waals surface area contributed by atoms with Crippen molar-refractivity contribution < 1.29 is 33.7 Å². The van der Waals surface area contributed by atoms with Gasteiger partial charge in [-0.3, -0.25) is 14.5 Å². The molecular weight excluding hydrogens is 766 g/mol. The van der Waals surface area contributed by atoms with Crippen molar-refractivity contribution in [2.75, 3.05) is 43.2 Å². The summed E-state index contributed by atoms with van der Waals surface area (Å²) in [6, 6.07) is 31.4. The fourth-order valence-electron chi connectivity index (χ4n) is 8.79. The summed E-state index contributed by atoms with van der Waals surface area (Å²) in [5, 5.41) is 11.2. The normalized spacial score (nSPS) is 22.1. The molecule has 10 nitrogen and oxygen atoms in total. The van der Waals surface area contributed by atoms with E-state index in [1.165, 1.54) is 5.19 Å². The summed E-state index contributed by atoms with van der Waals surface area (Å²) >= 11 is 3.68. The summed E-state index contributed by atoms with van der Waals surface area (Å²) in [4.78, 5) is 47.1. The van der Waals surface area contributed by atoms with Gasteiger partial charge in [-0.1, -0.05) is 95.7 Å². The first-order chi connectivity index (χ1) is 26.0. The highest BCUT2D eigenvalue weighted by Crippen LogP contribution is 2.60. The number of ether oxygens (including phenoxy) is 3. The lowest BCUT2D eigenvalue weighted by Gasteiger charge is -2.37. The Kier molecular flexibility index (Phi) is 10.7. The molecule has 0 aromatic heterocycles. The predicted octanol–water partition coefficient (Wildman–Crippen LogP) is 6.59. The second-order valence-electron chi connectivity index (χ2n) is 14.9. The molecule has 2 saturated heterocycles. The predicted molar refractivity (Wildman–Crippen MR) is 214 cm³/mol. The zero-order valence-electron chi connectivity index (χ0n) is 31.0. The van der Waals surface area contributed by atoms with Gasteiger partial charge in [-0.25, -0.2) is 4.79 Å². The smallest absolute Gasteiger partial charge is 0.414 e. The van der Waals surface area contributed by atoms with E-state index in [1.807, 2.05) is 84.9 Å². The van der Waals surface area contributed by atoms with Crippen molar-refractivity contribution in [1.29, 1.82) is 0 Å². The van der Waals surface area contributed by atoms with Gasteiger partial charge in [-0.2, -0.15) is 0 Å². The average molecular weight is 813 g/mol. The maximum Gasteiger partial charge on any atom is 0.414 e. The Morgan fingerprint density at radius 1 is 1.00 bits per heavy atom. The number of anilines is 2. The Labute approximate surface area is 325 Å². The number of methoxy groups -OCH3 is 1. The number of halogens is 1. The Bertz CT molecular complexity index is 2030. The quantitative estimate of drug-likeness (QED) is 0.161. The molecule has 0 unspecified atom stereocenters. The highest BCUT2D eigenvalue weighted by molar-refractivity contribution is 9.10. The van der Waals surface area contributed by atoms with Crippen LogP contribution >= 0.6 is 15.9 Å². The SMILES string of the molecule is COc1ccc([Si](C)(C)[C@@H]2[C@@H](CC(=O)N(CCO)Cc3ccccc3)O[C@]3(C(=O)N(Cc4cccc(N5CCOC5=O)c4)c4ccc(Br)cc43)[C@H]2C)cc1. The van der Waals surface area contributed by atoms with E-state index in [1.54, 1.807) is 21.8 Å². The van der Waals surface area contributed by atoms with Crippen LogP contribution in [0.4, 0.5) is 16.2 Å². The van der Waals surface area contributed by atoms with Gasteiger partial charge < -0.3 is 29.1 Å². The van der Waals surface area contributed by atoms with Gasteiger partial charge in [0.15, 0.2) is 5.60 Å². The first-order valence-corrected chi connectivity index (χ1v) is 22.2. The largest absolute Gasteiger partial charge is 0.497 e. The first kappa shape index (κ1) is 37.8. The monoisotopic (exact) mass is 811 g/mol. The highest BCUT2D eigenvalue weighted by Gasteiger charge is 2.66. The van der Waals surface area contributed by atoms with Crippen LogP contribution in [0.1, 0.15) is 30.0 Å². The molecule has 3 amide bonds. The van der Waals surface area contributed by atoms with Gasteiger partial charge in [0.2, 0.25) is 5.91 Å².